The van der Waals surface area contributed by atoms with Gasteiger partial charge in [0, 0.05) is 44.5 Å². The normalized spacial score (nSPS) is 31.1. The quantitative estimate of drug-likeness (QED) is 0.844. The van der Waals surface area contributed by atoms with Gasteiger partial charge in [0.2, 0.25) is 0 Å². The summed E-state index contributed by atoms with van der Waals surface area (Å²) in [6, 6.07) is 0.609. The predicted octanol–water partition coefficient (Wildman–Crippen LogP) is 1.88. The highest BCUT2D eigenvalue weighted by atomic mass is 32.2. The fourth-order valence-corrected chi connectivity index (χ4v) is 4.95. The van der Waals surface area contributed by atoms with Gasteiger partial charge in [-0.05, 0) is 32.4 Å². The van der Waals surface area contributed by atoms with Gasteiger partial charge in [0.15, 0.2) is 5.17 Å². The van der Waals surface area contributed by atoms with Crippen LogP contribution in [-0.2, 0) is 0 Å². The number of nitrogens with zero attached hydrogens (tertiary/aromatic N) is 3. The second-order valence-electron chi connectivity index (χ2n) is 7.25. The van der Waals surface area contributed by atoms with E-state index in [-0.39, 0.29) is 0 Å². The smallest absolute Gasteiger partial charge is 0.156 e. The van der Waals surface area contributed by atoms with Crippen molar-refractivity contribution in [2.45, 2.75) is 38.1 Å². The maximum Gasteiger partial charge on any atom is 0.156 e. The van der Waals surface area contributed by atoms with Crippen molar-refractivity contribution in [3.63, 3.8) is 0 Å². The summed E-state index contributed by atoms with van der Waals surface area (Å²) in [7, 11) is 4.46. The number of aliphatic imine (C=N–C) groups is 1. The molecule has 1 saturated heterocycles. The fraction of sp³-hybridized carbons (Fsp3) is 0.938. The first-order valence-corrected chi connectivity index (χ1v) is 9.45. The summed E-state index contributed by atoms with van der Waals surface area (Å²) in [6.07, 6.45) is 7.05. The van der Waals surface area contributed by atoms with Crippen molar-refractivity contribution in [1.29, 1.82) is 0 Å². The molecular weight excluding hydrogens is 280 g/mol. The fourth-order valence-electron chi connectivity index (χ4n) is 3.79. The Hall–Kier alpha value is -0.260. The average Bonchev–Trinajstić information content (AvgIpc) is 2.51. The van der Waals surface area contributed by atoms with Crippen molar-refractivity contribution in [3.8, 4) is 0 Å². The molecule has 1 unspecified atom stereocenters. The van der Waals surface area contributed by atoms with Crippen LogP contribution < -0.4 is 5.32 Å². The Balaban J connectivity index is 1.48. The zero-order chi connectivity index (χ0) is 14.7. The van der Waals surface area contributed by atoms with Crippen LogP contribution >= 0.6 is 11.8 Å². The second-order valence-corrected chi connectivity index (χ2v) is 8.21. The van der Waals surface area contributed by atoms with Crippen molar-refractivity contribution in [2.75, 3.05) is 52.6 Å². The van der Waals surface area contributed by atoms with E-state index < -0.39 is 0 Å². The van der Waals surface area contributed by atoms with Gasteiger partial charge < -0.3 is 10.2 Å². The van der Waals surface area contributed by atoms with Crippen LogP contribution in [0.1, 0.15) is 32.1 Å². The molecule has 2 heterocycles. The molecule has 3 rings (SSSR count). The third-order valence-corrected chi connectivity index (χ3v) is 6.76. The summed E-state index contributed by atoms with van der Waals surface area (Å²) in [6.45, 7) is 5.60. The van der Waals surface area contributed by atoms with Gasteiger partial charge in [0.05, 0.1) is 0 Å². The standard InChI is InChI=1S/C16H30N4S/c1-19-8-9-20(2)14(11-19)10-17-15-18-12-16(13-21-15)6-4-3-5-7-16/h14H,3-13H2,1-2H3,(H,17,18). The molecule has 2 fully saturated rings. The van der Waals surface area contributed by atoms with Crippen molar-refractivity contribution in [3.05, 3.63) is 0 Å². The van der Waals surface area contributed by atoms with E-state index >= 15 is 0 Å². The van der Waals surface area contributed by atoms with Crippen LogP contribution in [0.2, 0.25) is 0 Å². The summed E-state index contributed by atoms with van der Waals surface area (Å²) in [5, 5.41) is 4.80. The zero-order valence-corrected chi connectivity index (χ0v) is 14.4. The van der Waals surface area contributed by atoms with Crippen molar-refractivity contribution >= 4 is 16.9 Å². The monoisotopic (exact) mass is 310 g/mol. The number of piperazine rings is 1. The van der Waals surface area contributed by atoms with E-state index in [1.54, 1.807) is 0 Å². The summed E-state index contributed by atoms with van der Waals surface area (Å²) in [5.74, 6) is 1.28. The predicted molar refractivity (Wildman–Crippen MR) is 92.2 cm³/mol. The van der Waals surface area contributed by atoms with Gasteiger partial charge in [-0.25, -0.2) is 0 Å². The van der Waals surface area contributed by atoms with Gasteiger partial charge >= 0.3 is 0 Å². The Morgan fingerprint density at radius 1 is 1.24 bits per heavy atom. The number of hydrogen-bond donors (Lipinski definition) is 1. The summed E-state index contributed by atoms with van der Waals surface area (Å²) in [5.41, 5.74) is 0.538. The molecule has 21 heavy (non-hydrogen) atoms. The van der Waals surface area contributed by atoms with E-state index in [0.717, 1.165) is 19.6 Å². The molecule has 4 nitrogen and oxygen atoms in total. The van der Waals surface area contributed by atoms with Crippen LogP contribution in [0, 0.1) is 5.41 Å². The van der Waals surface area contributed by atoms with Crippen LogP contribution in [0.25, 0.3) is 0 Å². The Morgan fingerprint density at radius 3 is 2.76 bits per heavy atom. The maximum absolute atomic E-state index is 4.87. The first-order chi connectivity index (χ1) is 10.2. The minimum absolute atomic E-state index is 0.538. The first-order valence-electron chi connectivity index (χ1n) is 8.47. The van der Waals surface area contributed by atoms with Crippen LogP contribution in [0.4, 0.5) is 0 Å². The largest absolute Gasteiger partial charge is 0.363 e. The molecule has 1 atom stereocenters. The van der Waals surface area contributed by atoms with Crippen LogP contribution in [0.15, 0.2) is 4.99 Å². The van der Waals surface area contributed by atoms with Crippen molar-refractivity contribution in [1.82, 2.24) is 15.1 Å². The van der Waals surface area contributed by atoms with Crippen molar-refractivity contribution in [2.24, 2.45) is 10.4 Å². The SMILES string of the molecule is CN1CCN(C)C(CNC2=NCC3(CCCCC3)CS2)C1. The molecule has 3 aliphatic rings. The third-order valence-electron chi connectivity index (χ3n) is 5.46. The second kappa shape index (κ2) is 6.88. The number of thioether (sulfide) groups is 1. The molecule has 0 aromatic rings. The van der Waals surface area contributed by atoms with E-state index in [1.807, 2.05) is 11.8 Å². The molecule has 0 bridgehead atoms. The Morgan fingerprint density at radius 2 is 2.05 bits per heavy atom. The summed E-state index contributed by atoms with van der Waals surface area (Å²) < 4.78 is 0. The Labute approximate surface area is 133 Å². The zero-order valence-electron chi connectivity index (χ0n) is 13.6. The van der Waals surface area contributed by atoms with Gasteiger partial charge in [-0.3, -0.25) is 9.89 Å². The lowest BCUT2D eigenvalue weighted by molar-refractivity contribution is 0.116. The highest BCUT2D eigenvalue weighted by Gasteiger charge is 2.35. The molecule has 1 spiro atoms. The molecular formula is C16H30N4S. The number of hydrogen-bond acceptors (Lipinski definition) is 5. The number of rotatable bonds is 2. The summed E-state index contributed by atoms with van der Waals surface area (Å²) in [4.78, 5) is 9.78. The minimum atomic E-state index is 0.538. The molecule has 1 saturated carbocycles. The van der Waals surface area contributed by atoms with Crippen molar-refractivity contribution < 1.29 is 0 Å². The molecule has 1 aliphatic carbocycles. The topological polar surface area (TPSA) is 30.9 Å². The van der Waals surface area contributed by atoms with E-state index in [0.29, 0.717) is 11.5 Å². The molecule has 120 valence electrons. The molecule has 0 aromatic carbocycles. The van der Waals surface area contributed by atoms with Crippen LogP contribution in [0.5, 0.6) is 0 Å². The lowest BCUT2D eigenvalue weighted by Gasteiger charge is -2.40. The van der Waals surface area contributed by atoms with E-state index in [2.05, 4.69) is 29.2 Å². The van der Waals surface area contributed by atoms with Gasteiger partial charge in [0.1, 0.15) is 0 Å². The van der Waals surface area contributed by atoms with Gasteiger partial charge in [-0.15, -0.1) is 0 Å². The van der Waals surface area contributed by atoms with Crippen LogP contribution in [-0.4, -0.2) is 73.6 Å². The number of amidine groups is 1. The highest BCUT2D eigenvalue weighted by Crippen LogP contribution is 2.41. The lowest BCUT2D eigenvalue weighted by atomic mass is 9.75. The Kier molecular flexibility index (Phi) is 5.12. The van der Waals surface area contributed by atoms with E-state index in [1.165, 1.54) is 56.1 Å². The molecule has 5 heteroatoms. The molecule has 0 radical (unpaired) electrons. The average molecular weight is 311 g/mol. The maximum atomic E-state index is 4.87. The molecule has 2 aliphatic heterocycles. The van der Waals surface area contributed by atoms with Crippen LogP contribution in [0.3, 0.4) is 0 Å². The van der Waals surface area contributed by atoms with Gasteiger partial charge in [0.25, 0.3) is 0 Å². The van der Waals surface area contributed by atoms with Gasteiger partial charge in [-0.1, -0.05) is 31.0 Å². The molecule has 0 aromatic heterocycles. The number of likely N-dealkylation sites (N-methyl/N-ethyl adjacent to an activating group) is 2. The highest BCUT2D eigenvalue weighted by molar-refractivity contribution is 8.13. The minimum Gasteiger partial charge on any atom is -0.363 e. The van der Waals surface area contributed by atoms with Gasteiger partial charge in [-0.2, -0.15) is 0 Å². The molecule has 1 N–H and O–H groups in total. The summed E-state index contributed by atoms with van der Waals surface area (Å²) >= 11 is 1.97. The van der Waals surface area contributed by atoms with E-state index in [9.17, 15) is 0 Å². The third kappa shape index (κ3) is 3.93. The van der Waals surface area contributed by atoms with E-state index in [4.69, 9.17) is 4.99 Å². The Bertz CT molecular complexity index is 378. The first kappa shape index (κ1) is 15.6. The molecule has 0 amide bonds. The number of nitrogens with one attached hydrogen (secondary N) is 1. The lowest BCUT2D eigenvalue weighted by Crippen LogP contribution is -2.54.